The number of nitrogens with one attached hydrogen (secondary N) is 2. The lowest BCUT2D eigenvalue weighted by Crippen LogP contribution is -2.36. The van der Waals surface area contributed by atoms with Crippen molar-refractivity contribution in [1.82, 2.24) is 19.9 Å². The molecule has 1 amide bonds. The number of amides is 1. The minimum atomic E-state index is -1.08. The van der Waals surface area contributed by atoms with Gasteiger partial charge in [0.1, 0.15) is 11.9 Å². The zero-order chi connectivity index (χ0) is 30.2. The van der Waals surface area contributed by atoms with E-state index in [0.717, 1.165) is 34.0 Å². The number of carbonyl (C=O) groups is 1. The number of nitrogen functional groups attached to an aromatic ring is 1. The molecule has 1 aliphatic heterocycles. The monoisotopic (exact) mass is 571 g/mol. The Balaban J connectivity index is 0.00000105. The quantitative estimate of drug-likeness (QED) is 0.334. The molecule has 0 bridgehead atoms. The van der Waals surface area contributed by atoms with Gasteiger partial charge in [0, 0.05) is 52.6 Å². The lowest BCUT2D eigenvalue weighted by molar-refractivity contribution is -0.124. The van der Waals surface area contributed by atoms with E-state index in [1.165, 1.54) is 4.57 Å². The number of aryl methyl sites for hydroxylation is 2. The first-order chi connectivity index (χ1) is 19.2. The van der Waals surface area contributed by atoms with E-state index in [2.05, 4.69) is 20.6 Å². The van der Waals surface area contributed by atoms with Gasteiger partial charge in [-0.05, 0) is 55.6 Å². The summed E-state index contributed by atoms with van der Waals surface area (Å²) < 4.78 is 13.2. The Labute approximate surface area is 240 Å². The van der Waals surface area contributed by atoms with Crippen molar-refractivity contribution in [1.29, 1.82) is 0 Å². The molecule has 11 heteroatoms. The Morgan fingerprint density at radius 1 is 1.15 bits per heavy atom. The van der Waals surface area contributed by atoms with E-state index in [1.807, 2.05) is 65.8 Å². The summed E-state index contributed by atoms with van der Waals surface area (Å²) in [4.78, 5) is 35.2. The van der Waals surface area contributed by atoms with E-state index in [1.54, 1.807) is 24.6 Å². The first-order valence-electron chi connectivity index (χ1n) is 13.7. The molecule has 1 aromatic carbocycles. The second-order valence-electron chi connectivity index (χ2n) is 8.39. The number of hydrogen-bond acceptors (Lipinski definition) is 8. The van der Waals surface area contributed by atoms with E-state index < -0.39 is 16.8 Å². The van der Waals surface area contributed by atoms with Crippen molar-refractivity contribution in [3.63, 3.8) is 0 Å². The first-order valence-corrected chi connectivity index (χ1v) is 15.3. The maximum atomic E-state index is 13.1. The molecular formula is C29H45N7O3S. The SMILES string of the molecule is CC.CC.CCN.Cc1nc(N)ccc1CNC(=O)C1CCc2cnc(NCc3cccc(S(C)=O)c3)c(=O)n21. The highest BCUT2D eigenvalue weighted by atomic mass is 32.2. The van der Waals surface area contributed by atoms with Crippen molar-refractivity contribution in [3.05, 3.63) is 75.5 Å². The smallest absolute Gasteiger partial charge is 0.294 e. The summed E-state index contributed by atoms with van der Waals surface area (Å²) in [6.07, 6.45) is 4.41. The van der Waals surface area contributed by atoms with Gasteiger partial charge in [-0.3, -0.25) is 18.4 Å². The Kier molecular flexibility index (Phi) is 15.4. The number of carbonyl (C=O) groups excluding carboxylic acids is 1. The maximum absolute atomic E-state index is 13.1. The third kappa shape index (κ3) is 9.56. The molecule has 0 saturated heterocycles. The standard InChI is InChI=1S/C23H26N6O3S.C2H7N.2C2H6/c1-14-16(6-9-20(24)28-14)12-27-22(30)19-8-7-17-13-26-21(23(31)29(17)19)25-11-15-4-3-5-18(10-15)33(2)32;1-2-3;2*1-2/h3-6,9-10,13,19H,7-8,11-12H2,1-2H3,(H2,24,28)(H,25,26)(H,27,30);2-3H2,1H3;2*1-2H3. The highest BCUT2D eigenvalue weighted by molar-refractivity contribution is 7.84. The minimum absolute atomic E-state index is 0.181. The van der Waals surface area contributed by atoms with Gasteiger partial charge in [0.2, 0.25) is 5.91 Å². The molecule has 1 aliphatic rings. The number of rotatable bonds is 7. The fraction of sp³-hybridized carbons (Fsp3) is 0.448. The summed E-state index contributed by atoms with van der Waals surface area (Å²) in [5.41, 5.74) is 13.5. The normalized spacial score (nSPS) is 13.7. The van der Waals surface area contributed by atoms with E-state index in [-0.39, 0.29) is 17.3 Å². The third-order valence-corrected chi connectivity index (χ3v) is 6.64. The number of pyridine rings is 1. The highest BCUT2D eigenvalue weighted by Crippen LogP contribution is 2.24. The number of nitrogens with zero attached hydrogens (tertiary/aromatic N) is 3. The number of nitrogens with two attached hydrogens (primary N) is 2. The molecule has 2 aromatic heterocycles. The van der Waals surface area contributed by atoms with Crippen molar-refractivity contribution in [2.24, 2.45) is 5.73 Å². The Morgan fingerprint density at radius 2 is 1.82 bits per heavy atom. The van der Waals surface area contributed by atoms with Gasteiger partial charge in [-0.2, -0.15) is 0 Å². The van der Waals surface area contributed by atoms with E-state index in [4.69, 9.17) is 11.5 Å². The van der Waals surface area contributed by atoms with Crippen LogP contribution in [-0.4, -0.2) is 37.5 Å². The van der Waals surface area contributed by atoms with Crippen molar-refractivity contribution in [2.45, 2.75) is 78.4 Å². The van der Waals surface area contributed by atoms with E-state index in [0.29, 0.717) is 31.7 Å². The van der Waals surface area contributed by atoms with Crippen LogP contribution in [0.5, 0.6) is 0 Å². The second-order valence-corrected chi connectivity index (χ2v) is 9.77. The summed E-state index contributed by atoms with van der Waals surface area (Å²) >= 11 is 0. The van der Waals surface area contributed by atoms with Gasteiger partial charge in [-0.1, -0.05) is 52.8 Å². The van der Waals surface area contributed by atoms with Crippen molar-refractivity contribution in [3.8, 4) is 0 Å². The van der Waals surface area contributed by atoms with Crippen LogP contribution in [-0.2, 0) is 35.1 Å². The first kappa shape index (κ1) is 34.5. The van der Waals surface area contributed by atoms with Gasteiger partial charge in [0.15, 0.2) is 5.82 Å². The summed E-state index contributed by atoms with van der Waals surface area (Å²) in [6.45, 7) is 13.2. The van der Waals surface area contributed by atoms with Crippen molar-refractivity contribution in [2.75, 3.05) is 23.9 Å². The summed E-state index contributed by atoms with van der Waals surface area (Å²) in [5.74, 6) is 0.392. The molecule has 40 heavy (non-hydrogen) atoms. The zero-order valence-corrected chi connectivity index (χ0v) is 25.6. The van der Waals surface area contributed by atoms with Crippen LogP contribution in [0.1, 0.15) is 69.6 Å². The van der Waals surface area contributed by atoms with Gasteiger partial charge < -0.3 is 22.1 Å². The van der Waals surface area contributed by atoms with Gasteiger partial charge >= 0.3 is 0 Å². The van der Waals surface area contributed by atoms with Crippen LogP contribution in [0.4, 0.5) is 11.6 Å². The van der Waals surface area contributed by atoms with E-state index >= 15 is 0 Å². The zero-order valence-electron chi connectivity index (χ0n) is 24.8. The van der Waals surface area contributed by atoms with Gasteiger partial charge in [-0.25, -0.2) is 9.97 Å². The Bertz CT molecular complexity index is 1310. The predicted octanol–water partition coefficient (Wildman–Crippen LogP) is 3.70. The topological polar surface area (TPSA) is 158 Å². The summed E-state index contributed by atoms with van der Waals surface area (Å²) in [7, 11) is -1.08. The molecule has 2 unspecified atom stereocenters. The molecule has 0 fully saturated rings. The number of anilines is 2. The number of fused-ring (bicyclic) bond motifs is 1. The van der Waals surface area contributed by atoms with E-state index in [9.17, 15) is 13.8 Å². The molecule has 0 radical (unpaired) electrons. The molecule has 220 valence electrons. The fourth-order valence-electron chi connectivity index (χ4n) is 3.93. The largest absolute Gasteiger partial charge is 0.384 e. The van der Waals surface area contributed by atoms with Gasteiger partial charge in [-0.15, -0.1) is 0 Å². The molecule has 2 atom stereocenters. The lowest BCUT2D eigenvalue weighted by atomic mass is 10.1. The van der Waals surface area contributed by atoms with Crippen LogP contribution in [0.25, 0.3) is 0 Å². The van der Waals surface area contributed by atoms with Crippen LogP contribution in [0.3, 0.4) is 0 Å². The number of aromatic nitrogens is 3. The lowest BCUT2D eigenvalue weighted by Gasteiger charge is -2.16. The van der Waals surface area contributed by atoms with Crippen LogP contribution < -0.4 is 27.7 Å². The molecule has 6 N–H and O–H groups in total. The Morgan fingerprint density at radius 3 is 2.45 bits per heavy atom. The molecule has 0 aliphatic carbocycles. The highest BCUT2D eigenvalue weighted by Gasteiger charge is 2.30. The number of hydrogen-bond donors (Lipinski definition) is 4. The third-order valence-electron chi connectivity index (χ3n) is 5.72. The number of benzene rings is 1. The minimum Gasteiger partial charge on any atom is -0.384 e. The van der Waals surface area contributed by atoms with Crippen molar-refractivity contribution < 1.29 is 9.00 Å². The van der Waals surface area contributed by atoms with Gasteiger partial charge in [0.05, 0.1) is 0 Å². The summed E-state index contributed by atoms with van der Waals surface area (Å²) in [6, 6.07) is 10.3. The van der Waals surface area contributed by atoms with Crippen LogP contribution in [0.2, 0.25) is 0 Å². The molecule has 0 spiro atoms. The molecule has 10 nitrogen and oxygen atoms in total. The molecule has 0 saturated carbocycles. The average Bonchev–Trinajstić information content (AvgIpc) is 3.40. The van der Waals surface area contributed by atoms with Crippen molar-refractivity contribution >= 4 is 28.3 Å². The molecular weight excluding hydrogens is 526 g/mol. The maximum Gasteiger partial charge on any atom is 0.294 e. The van der Waals surface area contributed by atoms with Crippen LogP contribution in [0.15, 0.2) is 52.3 Å². The van der Waals surface area contributed by atoms with Crippen LogP contribution in [0, 0.1) is 6.92 Å². The summed E-state index contributed by atoms with van der Waals surface area (Å²) in [5, 5.41) is 5.97. The van der Waals surface area contributed by atoms with Gasteiger partial charge in [0.25, 0.3) is 5.56 Å². The second kappa shape index (κ2) is 17.9. The molecule has 3 aromatic rings. The van der Waals surface area contributed by atoms with Crippen LogP contribution >= 0.6 is 0 Å². The predicted molar refractivity (Wildman–Crippen MR) is 165 cm³/mol. The fourth-order valence-corrected chi connectivity index (χ4v) is 4.51. The average molecular weight is 572 g/mol. The molecule has 4 rings (SSSR count). The molecule has 3 heterocycles. The Hall–Kier alpha value is -3.57.